The van der Waals surface area contributed by atoms with E-state index in [1.54, 1.807) is 57.3 Å². The van der Waals surface area contributed by atoms with Crippen molar-refractivity contribution >= 4 is 57.4 Å². The van der Waals surface area contributed by atoms with Gasteiger partial charge in [-0.1, -0.05) is 91.0 Å². The van der Waals surface area contributed by atoms with Crippen molar-refractivity contribution in [3.05, 3.63) is 120 Å². The number of fused-ring (bicyclic) bond motifs is 2. The minimum Gasteiger partial charge on any atom is -0.481 e. The Bertz CT molecular complexity index is 2260. The Labute approximate surface area is 336 Å². The lowest BCUT2D eigenvalue weighted by atomic mass is 9.99. The summed E-state index contributed by atoms with van der Waals surface area (Å²) in [6.07, 6.45) is 0.144. The number of hydrogen-bond acceptors (Lipinski definition) is 7. The smallest absolute Gasteiger partial charge is 0.408 e. The Hall–Kier alpha value is -6.70. The molecule has 0 spiro atoms. The fraction of sp³-hybridized carbons (Fsp3) is 0.318. The first-order valence-corrected chi connectivity index (χ1v) is 19.0. The summed E-state index contributed by atoms with van der Waals surface area (Å²) in [7, 11) is 3.07. The zero-order valence-corrected chi connectivity index (χ0v) is 33.2. The summed E-state index contributed by atoms with van der Waals surface area (Å²) in [4.78, 5) is 85.2. The summed E-state index contributed by atoms with van der Waals surface area (Å²) in [5.41, 5.74) is 2.08. The summed E-state index contributed by atoms with van der Waals surface area (Å²) in [6.45, 7) is 5.07. The first-order valence-electron chi connectivity index (χ1n) is 19.0. The Morgan fingerprint density at radius 1 is 0.655 bits per heavy atom. The van der Waals surface area contributed by atoms with Crippen LogP contribution >= 0.6 is 0 Å². The van der Waals surface area contributed by atoms with Gasteiger partial charge in [0.1, 0.15) is 29.8 Å². The van der Waals surface area contributed by atoms with Crippen LogP contribution in [-0.4, -0.2) is 94.5 Å². The molecule has 304 valence electrons. The van der Waals surface area contributed by atoms with Crippen LogP contribution < -0.4 is 21.3 Å². The molecule has 0 fully saturated rings. The number of carbonyl (C=O) groups is 6. The predicted octanol–water partition coefficient (Wildman–Crippen LogP) is 4.26. The van der Waals surface area contributed by atoms with E-state index in [0.717, 1.165) is 32.8 Å². The van der Waals surface area contributed by atoms with Crippen LogP contribution in [0, 0.1) is 0 Å². The molecule has 0 radical (unpaired) electrons. The van der Waals surface area contributed by atoms with Crippen LogP contribution in [0.2, 0.25) is 0 Å². The molecule has 0 saturated carbocycles. The highest BCUT2D eigenvalue weighted by Gasteiger charge is 2.34. The molecule has 58 heavy (non-hydrogen) atoms. The van der Waals surface area contributed by atoms with Gasteiger partial charge in [0.15, 0.2) is 0 Å². The van der Waals surface area contributed by atoms with Gasteiger partial charge < -0.3 is 41.0 Å². The highest BCUT2D eigenvalue weighted by molar-refractivity contribution is 5.97. The summed E-state index contributed by atoms with van der Waals surface area (Å²) < 4.78 is 5.49. The van der Waals surface area contributed by atoms with Gasteiger partial charge in [0.25, 0.3) is 0 Å². The van der Waals surface area contributed by atoms with Crippen molar-refractivity contribution in [1.82, 2.24) is 31.2 Å². The van der Waals surface area contributed by atoms with E-state index < -0.39 is 71.9 Å². The topological polar surface area (TPSA) is 199 Å². The fourth-order valence-electron chi connectivity index (χ4n) is 6.55. The van der Waals surface area contributed by atoms with Crippen LogP contribution in [0.15, 0.2) is 103 Å². The first kappa shape index (κ1) is 42.4. The van der Waals surface area contributed by atoms with E-state index in [2.05, 4.69) is 26.3 Å². The van der Waals surface area contributed by atoms with Gasteiger partial charge in [-0.15, -0.1) is 0 Å². The molecule has 0 aliphatic carbocycles. The number of aromatic amines is 1. The maximum absolute atomic E-state index is 14.3. The molecule has 14 nitrogen and oxygen atoms in total. The molecule has 0 saturated heterocycles. The average Bonchev–Trinajstić information content (AvgIpc) is 3.58. The van der Waals surface area contributed by atoms with Crippen molar-refractivity contribution in [1.29, 1.82) is 0 Å². The molecular formula is C44H50N6O8. The van der Waals surface area contributed by atoms with Gasteiger partial charge in [0, 0.05) is 50.5 Å². The molecule has 1 heterocycles. The molecular weight excluding hydrogens is 741 g/mol. The quantitative estimate of drug-likeness (QED) is 0.0852. The number of benzene rings is 4. The number of carboxylic acids is 1. The molecule has 4 atom stereocenters. The van der Waals surface area contributed by atoms with Crippen molar-refractivity contribution in [2.45, 2.75) is 76.2 Å². The number of alkyl carbamates (subject to hydrolysis) is 1. The Morgan fingerprint density at radius 3 is 1.90 bits per heavy atom. The summed E-state index contributed by atoms with van der Waals surface area (Å²) in [6, 6.07) is 24.3. The molecule has 5 amide bonds. The molecule has 0 unspecified atom stereocenters. The first-order chi connectivity index (χ1) is 27.6. The van der Waals surface area contributed by atoms with E-state index in [9.17, 15) is 33.9 Å². The number of H-pyrrole nitrogens is 1. The maximum atomic E-state index is 14.3. The van der Waals surface area contributed by atoms with Crippen LogP contribution in [0.4, 0.5) is 4.79 Å². The highest BCUT2D eigenvalue weighted by Crippen LogP contribution is 2.21. The number of para-hydroxylation sites is 1. The minimum absolute atomic E-state index is 0.0200. The Kier molecular flexibility index (Phi) is 13.9. The van der Waals surface area contributed by atoms with E-state index in [4.69, 9.17) is 4.74 Å². The lowest BCUT2D eigenvalue weighted by Crippen LogP contribution is -2.59. The largest absolute Gasteiger partial charge is 0.481 e. The summed E-state index contributed by atoms with van der Waals surface area (Å²) >= 11 is 0. The van der Waals surface area contributed by atoms with Crippen LogP contribution in [0.25, 0.3) is 21.7 Å². The van der Waals surface area contributed by atoms with Crippen molar-refractivity contribution < 1.29 is 38.6 Å². The van der Waals surface area contributed by atoms with Gasteiger partial charge in [-0.05, 0) is 54.3 Å². The molecule has 0 aliphatic rings. The van der Waals surface area contributed by atoms with Gasteiger partial charge in [-0.3, -0.25) is 24.0 Å². The van der Waals surface area contributed by atoms with Crippen molar-refractivity contribution in [2.75, 3.05) is 14.1 Å². The molecule has 1 aromatic heterocycles. The second-order valence-corrected chi connectivity index (χ2v) is 15.4. The zero-order valence-electron chi connectivity index (χ0n) is 33.2. The number of carbonyl (C=O) groups excluding carboxylic acids is 5. The molecule has 0 bridgehead atoms. The number of rotatable bonds is 16. The number of carboxylic acid groups (broad SMARTS) is 1. The van der Waals surface area contributed by atoms with E-state index in [0.29, 0.717) is 5.56 Å². The summed E-state index contributed by atoms with van der Waals surface area (Å²) in [5, 5.41) is 23.1. The number of aromatic nitrogens is 1. The number of nitrogens with zero attached hydrogens (tertiary/aromatic N) is 1. The third-order valence-electron chi connectivity index (χ3n) is 9.34. The third-order valence-corrected chi connectivity index (χ3v) is 9.34. The number of hydrogen-bond donors (Lipinski definition) is 6. The van der Waals surface area contributed by atoms with Gasteiger partial charge in [0.2, 0.25) is 23.6 Å². The number of nitrogens with one attached hydrogen (secondary N) is 5. The van der Waals surface area contributed by atoms with E-state index in [-0.39, 0.29) is 19.3 Å². The molecule has 0 aliphatic heterocycles. The molecule has 14 heteroatoms. The summed E-state index contributed by atoms with van der Waals surface area (Å²) in [5.74, 6) is -4.29. The second-order valence-electron chi connectivity index (χ2n) is 15.4. The number of amides is 5. The molecule has 5 rings (SSSR count). The SMILES string of the molecule is CN(C)C(=O)[C@H](Cc1ccccc1)NC(=O)[C@H](CC(=O)O)NC(=O)[C@H](Cc1ccc2ccccc2c1)NC(=O)[C@H](Cc1c[nH]c2ccccc12)NC(=O)OC(C)(C)C. The van der Waals surface area contributed by atoms with Crippen LogP contribution in [0.1, 0.15) is 43.9 Å². The lowest BCUT2D eigenvalue weighted by Gasteiger charge is -2.27. The number of ether oxygens (including phenoxy) is 1. The number of aliphatic carboxylic acids is 1. The average molecular weight is 791 g/mol. The van der Waals surface area contributed by atoms with Crippen molar-refractivity contribution in [3.8, 4) is 0 Å². The van der Waals surface area contributed by atoms with Gasteiger partial charge in [-0.25, -0.2) is 4.79 Å². The van der Waals surface area contributed by atoms with Crippen molar-refractivity contribution in [2.24, 2.45) is 0 Å². The molecule has 5 aromatic rings. The zero-order chi connectivity index (χ0) is 42.0. The van der Waals surface area contributed by atoms with E-state index in [1.807, 2.05) is 66.7 Å². The van der Waals surface area contributed by atoms with Crippen LogP contribution in [0.5, 0.6) is 0 Å². The third kappa shape index (κ3) is 11.9. The standard InChI is InChI=1S/C44H50N6O8/c1-44(2,3)58-43(57)49-35(24-31-26-45-33-18-12-11-17-32(31)33)40(54)46-34(23-28-19-20-29-15-9-10-16-30(29)21-28)39(53)47-36(25-38(51)52)41(55)48-37(42(56)50(4)5)22-27-13-7-6-8-14-27/h6-21,26,34-37,45H,22-25H2,1-5H3,(H,46,54)(H,47,53)(H,48,55)(H,49,57)(H,51,52)/t34-,35-,36-,37-/m0/s1. The molecule has 6 N–H and O–H groups in total. The highest BCUT2D eigenvalue weighted by atomic mass is 16.6. The van der Waals surface area contributed by atoms with E-state index in [1.165, 1.54) is 19.0 Å². The fourth-order valence-corrected chi connectivity index (χ4v) is 6.55. The van der Waals surface area contributed by atoms with Gasteiger partial charge >= 0.3 is 12.1 Å². The predicted molar refractivity (Wildman–Crippen MR) is 220 cm³/mol. The lowest BCUT2D eigenvalue weighted by molar-refractivity contribution is -0.141. The van der Waals surface area contributed by atoms with Crippen molar-refractivity contribution in [3.63, 3.8) is 0 Å². The van der Waals surface area contributed by atoms with E-state index >= 15 is 0 Å². The van der Waals surface area contributed by atoms with Gasteiger partial charge in [-0.2, -0.15) is 0 Å². The van der Waals surface area contributed by atoms with Crippen LogP contribution in [-0.2, 0) is 48.0 Å². The monoisotopic (exact) mass is 790 g/mol. The van der Waals surface area contributed by atoms with Gasteiger partial charge in [0.05, 0.1) is 6.42 Å². The maximum Gasteiger partial charge on any atom is 0.408 e. The van der Waals surface area contributed by atoms with Crippen LogP contribution in [0.3, 0.4) is 0 Å². The normalized spacial score (nSPS) is 13.4. The number of likely N-dealkylation sites (N-methyl/N-ethyl adjacent to an activating group) is 1. The molecule has 4 aromatic carbocycles. The second kappa shape index (κ2) is 19.0. The Morgan fingerprint density at radius 2 is 1.22 bits per heavy atom. The minimum atomic E-state index is -1.63. The Balaban J connectivity index is 1.45.